The third kappa shape index (κ3) is 4.95. The van der Waals surface area contributed by atoms with E-state index in [9.17, 15) is 4.79 Å². The highest BCUT2D eigenvalue weighted by atomic mass is 35.5. The Bertz CT molecular complexity index is 517. The second-order valence-corrected chi connectivity index (χ2v) is 6.90. The zero-order valence-electron chi connectivity index (χ0n) is 13.8. The van der Waals surface area contributed by atoms with Crippen LogP contribution in [0.3, 0.4) is 0 Å². The number of hydrogen-bond acceptors (Lipinski definition) is 6. The maximum atomic E-state index is 12.6. The van der Waals surface area contributed by atoms with Crippen molar-refractivity contribution in [1.82, 2.24) is 9.88 Å². The van der Waals surface area contributed by atoms with Crippen LogP contribution in [-0.2, 0) is 9.53 Å². The van der Waals surface area contributed by atoms with Crippen LogP contribution < -0.4 is 10.6 Å². The van der Waals surface area contributed by atoms with E-state index in [1.54, 1.807) is 11.3 Å². The molecule has 6 nitrogen and oxygen atoms in total. The molecule has 0 radical (unpaired) electrons. The van der Waals surface area contributed by atoms with Crippen molar-refractivity contribution in [2.24, 2.45) is 11.7 Å². The molecular weight excluding hydrogens is 371 g/mol. The third-order valence-corrected chi connectivity index (χ3v) is 5.55. The van der Waals surface area contributed by atoms with Crippen LogP contribution in [-0.4, -0.2) is 61.2 Å². The third-order valence-electron chi connectivity index (χ3n) is 4.53. The molecule has 24 heavy (non-hydrogen) atoms. The molecular formula is C15H26Cl2N4O2S. The number of nitrogens with zero attached hydrogens (tertiary/aromatic N) is 3. The zero-order chi connectivity index (χ0) is 15.5. The van der Waals surface area contributed by atoms with Gasteiger partial charge in [-0.05, 0) is 25.7 Å². The van der Waals surface area contributed by atoms with Crippen LogP contribution in [0.5, 0.6) is 0 Å². The Kier molecular flexibility index (Phi) is 8.73. The predicted octanol–water partition coefficient (Wildman–Crippen LogP) is 1.70. The van der Waals surface area contributed by atoms with Crippen LogP contribution in [0.15, 0.2) is 5.38 Å². The quantitative estimate of drug-likeness (QED) is 0.841. The molecule has 1 aromatic rings. The summed E-state index contributed by atoms with van der Waals surface area (Å²) in [4.78, 5) is 21.3. The molecule has 1 unspecified atom stereocenters. The van der Waals surface area contributed by atoms with Gasteiger partial charge in [-0.2, -0.15) is 0 Å². The van der Waals surface area contributed by atoms with Crippen LogP contribution >= 0.6 is 36.2 Å². The average Bonchev–Trinajstić information content (AvgIpc) is 3.01. The molecule has 0 aliphatic carbocycles. The molecule has 1 amide bonds. The van der Waals surface area contributed by atoms with E-state index in [0.29, 0.717) is 0 Å². The Balaban J connectivity index is 0.00000144. The first kappa shape index (κ1) is 21.4. The summed E-state index contributed by atoms with van der Waals surface area (Å²) in [5, 5.41) is 3.12. The molecule has 2 fully saturated rings. The average molecular weight is 397 g/mol. The first-order valence-electron chi connectivity index (χ1n) is 7.94. The summed E-state index contributed by atoms with van der Waals surface area (Å²) >= 11 is 1.67. The summed E-state index contributed by atoms with van der Waals surface area (Å²) in [6.07, 6.45) is 1.79. The van der Waals surface area contributed by atoms with Gasteiger partial charge in [0.15, 0.2) is 5.13 Å². The lowest BCUT2D eigenvalue weighted by Crippen LogP contribution is -2.55. The molecule has 2 N–H and O–H groups in total. The predicted molar refractivity (Wildman–Crippen MR) is 102 cm³/mol. The lowest BCUT2D eigenvalue weighted by molar-refractivity contribution is -0.135. The fourth-order valence-electron chi connectivity index (χ4n) is 3.09. The maximum absolute atomic E-state index is 12.6. The second kappa shape index (κ2) is 9.77. The number of piperazine rings is 1. The summed E-state index contributed by atoms with van der Waals surface area (Å²) in [6.45, 7) is 6.58. The lowest BCUT2D eigenvalue weighted by atomic mass is 9.91. The number of thiazole rings is 1. The Morgan fingerprint density at radius 1 is 1.29 bits per heavy atom. The SMILES string of the molecule is Cc1csc(N2CCN(C(=O)C(N)C3CCOCC3)CC2)n1.Cl.Cl. The Morgan fingerprint density at radius 2 is 1.92 bits per heavy atom. The number of ether oxygens (including phenoxy) is 1. The van der Waals surface area contributed by atoms with Gasteiger partial charge in [-0.1, -0.05) is 0 Å². The largest absolute Gasteiger partial charge is 0.381 e. The number of aromatic nitrogens is 1. The molecule has 1 aromatic heterocycles. The van der Waals surface area contributed by atoms with Crippen LogP contribution in [0.2, 0.25) is 0 Å². The standard InChI is InChI=1S/C15H24N4O2S.2ClH/c1-11-10-22-15(17-11)19-6-4-18(5-7-19)14(20)13(16)12-2-8-21-9-3-12;;/h10,12-13H,2-9,16H2,1H3;2*1H. The van der Waals surface area contributed by atoms with Crippen molar-refractivity contribution < 1.29 is 9.53 Å². The summed E-state index contributed by atoms with van der Waals surface area (Å²) in [6, 6.07) is -0.377. The van der Waals surface area contributed by atoms with Gasteiger partial charge in [0.2, 0.25) is 5.91 Å². The van der Waals surface area contributed by atoms with Gasteiger partial charge in [-0.25, -0.2) is 4.98 Å². The Labute approximate surface area is 159 Å². The Hall–Kier alpha value is -0.600. The molecule has 0 aromatic carbocycles. The van der Waals surface area contributed by atoms with Crippen molar-refractivity contribution in [2.45, 2.75) is 25.8 Å². The fourth-order valence-corrected chi connectivity index (χ4v) is 3.95. The van der Waals surface area contributed by atoms with Crippen molar-refractivity contribution >= 4 is 47.2 Å². The molecule has 0 spiro atoms. The van der Waals surface area contributed by atoms with Gasteiger partial charge in [0, 0.05) is 44.8 Å². The molecule has 138 valence electrons. The van der Waals surface area contributed by atoms with Gasteiger partial charge in [0.1, 0.15) is 0 Å². The van der Waals surface area contributed by atoms with Crippen LogP contribution in [0.4, 0.5) is 5.13 Å². The van der Waals surface area contributed by atoms with E-state index in [4.69, 9.17) is 10.5 Å². The van der Waals surface area contributed by atoms with E-state index < -0.39 is 0 Å². The van der Waals surface area contributed by atoms with Gasteiger partial charge in [-0.15, -0.1) is 36.2 Å². The Morgan fingerprint density at radius 3 is 2.46 bits per heavy atom. The van der Waals surface area contributed by atoms with Crippen LogP contribution in [0, 0.1) is 12.8 Å². The number of carbonyl (C=O) groups excluding carboxylic acids is 1. The highest BCUT2D eigenvalue weighted by molar-refractivity contribution is 7.13. The van der Waals surface area contributed by atoms with E-state index in [1.165, 1.54) is 0 Å². The molecule has 9 heteroatoms. The first-order chi connectivity index (χ1) is 10.6. The molecule has 0 saturated carbocycles. The topological polar surface area (TPSA) is 71.7 Å². The van der Waals surface area contributed by atoms with Crippen LogP contribution in [0.1, 0.15) is 18.5 Å². The number of nitrogens with two attached hydrogens (primary N) is 1. The highest BCUT2D eigenvalue weighted by Crippen LogP contribution is 2.23. The molecule has 2 aliphatic heterocycles. The first-order valence-corrected chi connectivity index (χ1v) is 8.82. The van der Waals surface area contributed by atoms with Crippen LogP contribution in [0.25, 0.3) is 0 Å². The number of hydrogen-bond donors (Lipinski definition) is 1. The summed E-state index contributed by atoms with van der Waals surface area (Å²) in [5.41, 5.74) is 7.26. The van der Waals surface area contributed by atoms with Gasteiger partial charge >= 0.3 is 0 Å². The van der Waals surface area contributed by atoms with Gasteiger partial charge in [-0.3, -0.25) is 4.79 Å². The number of anilines is 1. The molecule has 3 rings (SSSR count). The summed E-state index contributed by atoms with van der Waals surface area (Å²) in [7, 11) is 0. The number of rotatable bonds is 3. The summed E-state index contributed by atoms with van der Waals surface area (Å²) in [5.74, 6) is 0.364. The number of amides is 1. The van der Waals surface area contributed by atoms with Gasteiger partial charge in [0.05, 0.1) is 11.7 Å². The molecule has 2 aliphatic rings. The minimum Gasteiger partial charge on any atom is -0.381 e. The van der Waals surface area contributed by atoms with E-state index >= 15 is 0 Å². The number of halogens is 2. The molecule has 1 atom stereocenters. The van der Waals surface area contributed by atoms with E-state index in [1.807, 2.05) is 11.8 Å². The molecule has 3 heterocycles. The molecule has 0 bridgehead atoms. The van der Waals surface area contributed by atoms with E-state index in [0.717, 1.165) is 63.1 Å². The summed E-state index contributed by atoms with van der Waals surface area (Å²) < 4.78 is 5.35. The zero-order valence-corrected chi connectivity index (χ0v) is 16.3. The van der Waals surface area contributed by atoms with Gasteiger partial charge in [0.25, 0.3) is 0 Å². The van der Waals surface area contributed by atoms with Crippen molar-refractivity contribution in [3.63, 3.8) is 0 Å². The minimum atomic E-state index is -0.377. The maximum Gasteiger partial charge on any atom is 0.239 e. The van der Waals surface area contributed by atoms with E-state index in [-0.39, 0.29) is 42.7 Å². The van der Waals surface area contributed by atoms with Crippen molar-refractivity contribution in [2.75, 3.05) is 44.3 Å². The highest BCUT2D eigenvalue weighted by Gasteiger charge is 2.31. The minimum absolute atomic E-state index is 0. The van der Waals surface area contributed by atoms with Gasteiger partial charge < -0.3 is 20.3 Å². The normalized spacial score (nSPS) is 20.1. The van der Waals surface area contributed by atoms with Crippen molar-refractivity contribution in [3.05, 3.63) is 11.1 Å². The van der Waals surface area contributed by atoms with Crippen molar-refractivity contribution in [1.29, 1.82) is 0 Å². The smallest absolute Gasteiger partial charge is 0.239 e. The van der Waals surface area contributed by atoms with E-state index in [2.05, 4.69) is 15.3 Å². The fraction of sp³-hybridized carbons (Fsp3) is 0.733. The lowest BCUT2D eigenvalue weighted by Gasteiger charge is -2.37. The second-order valence-electron chi connectivity index (χ2n) is 6.06. The number of carbonyl (C=O) groups is 1. The molecule has 2 saturated heterocycles. The monoisotopic (exact) mass is 396 g/mol. The van der Waals surface area contributed by atoms with Crippen molar-refractivity contribution in [3.8, 4) is 0 Å². The number of aryl methyl sites for hydroxylation is 1.